The predicted octanol–water partition coefficient (Wildman–Crippen LogP) is -0.0786. The topological polar surface area (TPSA) is 132 Å². The van der Waals surface area contributed by atoms with Crippen LogP contribution < -0.4 is 5.32 Å². The number of hydrogen-bond acceptors (Lipinski definition) is 5. The number of amides is 1. The molecule has 2 unspecified atom stereocenters. The summed E-state index contributed by atoms with van der Waals surface area (Å²) in [7, 11) is 0. The Morgan fingerprint density at radius 3 is 2.43 bits per heavy atom. The van der Waals surface area contributed by atoms with Crippen molar-refractivity contribution in [2.75, 3.05) is 0 Å². The smallest absolute Gasteiger partial charge is 0.393 e. The van der Waals surface area contributed by atoms with E-state index in [1.165, 1.54) is 13.8 Å². The van der Waals surface area contributed by atoms with E-state index in [4.69, 9.17) is 5.53 Å². The van der Waals surface area contributed by atoms with Crippen molar-refractivity contribution in [1.82, 2.24) is 5.32 Å². The number of allylic oxidation sites excluding steroid dienone is 1. The van der Waals surface area contributed by atoms with Crippen molar-refractivity contribution in [2.24, 2.45) is 16.8 Å². The van der Waals surface area contributed by atoms with E-state index in [9.17, 15) is 19.5 Å². The quantitative estimate of drug-likeness (QED) is 0.241. The second-order valence-corrected chi connectivity index (χ2v) is 5.41. The first-order valence-electron chi connectivity index (χ1n) is 7.23. The Morgan fingerprint density at radius 1 is 1.48 bits per heavy atom. The third-order valence-electron chi connectivity index (χ3n) is 3.68. The number of rotatable bonds is 5. The Kier molecular flexibility index (Phi) is 6.68. The maximum Gasteiger partial charge on any atom is 0.400 e. The van der Waals surface area contributed by atoms with E-state index < -0.39 is 41.3 Å². The molecule has 0 aliphatic carbocycles. The second kappa shape index (κ2) is 8.26. The molecule has 0 radical (unpaired) electrons. The van der Waals surface area contributed by atoms with Crippen molar-refractivity contribution in [2.45, 2.75) is 39.3 Å². The van der Waals surface area contributed by atoms with Crippen molar-refractivity contribution in [3.63, 3.8) is 0 Å². The summed E-state index contributed by atoms with van der Waals surface area (Å²) in [6.07, 6.45) is 5.84. The summed E-state index contributed by atoms with van der Waals surface area (Å²) in [6, 6.07) is -0.555. The zero-order valence-electron chi connectivity index (χ0n) is 13.3. The molecule has 0 aromatic rings. The molecule has 1 fully saturated rings. The highest BCUT2D eigenvalue weighted by Gasteiger charge is 2.49. The Morgan fingerprint density at radius 2 is 2.13 bits per heavy atom. The average Bonchev–Trinajstić information content (AvgIpc) is 3.02. The summed E-state index contributed by atoms with van der Waals surface area (Å²) in [5, 5.41) is 11.9. The zero-order chi connectivity index (χ0) is 17.6. The van der Waals surface area contributed by atoms with Crippen LogP contribution in [0.4, 0.5) is 0 Å². The third kappa shape index (κ3) is 4.51. The van der Waals surface area contributed by atoms with Gasteiger partial charge in [-0.2, -0.15) is 4.79 Å². The van der Waals surface area contributed by atoms with Crippen LogP contribution in [0.3, 0.4) is 0 Å². The maximum absolute atomic E-state index is 11.9. The van der Waals surface area contributed by atoms with Gasteiger partial charge < -0.3 is 16.0 Å². The first-order valence-corrected chi connectivity index (χ1v) is 7.23. The van der Waals surface area contributed by atoms with Gasteiger partial charge in [-0.15, -0.1) is 0 Å². The number of nitrogens with zero attached hydrogens (tertiary/aromatic N) is 3. The van der Waals surface area contributed by atoms with E-state index in [1.807, 2.05) is 12.3 Å². The second-order valence-electron chi connectivity index (χ2n) is 5.41. The van der Waals surface area contributed by atoms with Crippen LogP contribution in [-0.2, 0) is 14.4 Å². The van der Waals surface area contributed by atoms with Crippen LogP contribution in [-0.4, -0.2) is 51.4 Å². The van der Waals surface area contributed by atoms with E-state index in [0.717, 1.165) is 13.3 Å². The largest absolute Gasteiger partial charge is 0.400 e. The van der Waals surface area contributed by atoms with Crippen LogP contribution in [0.25, 0.3) is 5.53 Å². The van der Waals surface area contributed by atoms with Crippen LogP contribution >= 0.6 is 0 Å². The van der Waals surface area contributed by atoms with Crippen molar-refractivity contribution >= 4 is 29.4 Å². The van der Waals surface area contributed by atoms with Crippen LogP contribution in [0, 0.1) is 11.8 Å². The lowest BCUT2D eigenvalue weighted by Gasteiger charge is -2.40. The van der Waals surface area contributed by atoms with Gasteiger partial charge in [0.2, 0.25) is 11.7 Å². The summed E-state index contributed by atoms with van der Waals surface area (Å²) >= 11 is 0. The molecule has 0 aromatic heterocycles. The summed E-state index contributed by atoms with van der Waals surface area (Å²) in [6.45, 7) is 4.08. The van der Waals surface area contributed by atoms with Gasteiger partial charge in [-0.25, -0.2) is 0 Å². The SMILES string of the molecule is C1=CN=CC1.CC(=O)C(=[N+]=[N-])C(=O)[C@H](C)C1NC(=O)C1[C@@H](C)O. The first kappa shape index (κ1) is 18.6. The molecule has 0 spiro atoms. The minimum atomic E-state index is -0.883. The van der Waals surface area contributed by atoms with Crippen LogP contribution in [0.1, 0.15) is 27.2 Å². The molecule has 0 aromatic carbocycles. The number of carbonyl (C=O) groups excluding carboxylic acids is 3. The van der Waals surface area contributed by atoms with Gasteiger partial charge in [-0.1, -0.05) is 13.0 Å². The number of β-lactam (4-membered cyclic amide) rings is 1. The highest BCUT2D eigenvalue weighted by atomic mass is 16.3. The van der Waals surface area contributed by atoms with Crippen molar-refractivity contribution in [3.05, 3.63) is 17.8 Å². The maximum atomic E-state index is 11.9. The van der Waals surface area contributed by atoms with Gasteiger partial charge in [-0.05, 0) is 6.92 Å². The van der Waals surface area contributed by atoms with E-state index >= 15 is 0 Å². The minimum Gasteiger partial charge on any atom is -0.393 e. The van der Waals surface area contributed by atoms with Crippen LogP contribution in [0.15, 0.2) is 17.3 Å². The molecule has 0 saturated carbocycles. The Labute approximate surface area is 133 Å². The summed E-state index contributed by atoms with van der Waals surface area (Å²) < 4.78 is 0. The fourth-order valence-electron chi connectivity index (χ4n) is 2.35. The number of Topliss-reactive ketones (excluding diaryl/α,β-unsaturated/α-hetero) is 2. The highest BCUT2D eigenvalue weighted by Crippen LogP contribution is 2.26. The number of hydrogen-bond donors (Lipinski definition) is 2. The number of aliphatic imine (C=N–C) groups is 1. The molecule has 2 heterocycles. The lowest BCUT2D eigenvalue weighted by atomic mass is 9.76. The number of aliphatic hydroxyl groups is 1. The number of carbonyl (C=O) groups is 3. The normalized spacial score (nSPS) is 23.6. The first-order chi connectivity index (χ1) is 10.8. The molecule has 8 nitrogen and oxygen atoms in total. The van der Waals surface area contributed by atoms with Gasteiger partial charge in [0.05, 0.1) is 18.1 Å². The summed E-state index contributed by atoms with van der Waals surface area (Å²) in [4.78, 5) is 40.7. The lowest BCUT2D eigenvalue weighted by Crippen LogP contribution is -2.65. The molecule has 1 amide bonds. The fraction of sp³-hybridized carbons (Fsp3) is 0.533. The van der Waals surface area contributed by atoms with Crippen molar-refractivity contribution < 1.29 is 24.3 Å². The van der Waals surface area contributed by atoms with E-state index in [2.05, 4.69) is 15.1 Å². The van der Waals surface area contributed by atoms with Gasteiger partial charge in [0.1, 0.15) is 0 Å². The molecule has 2 N–H and O–H groups in total. The van der Waals surface area contributed by atoms with Crippen molar-refractivity contribution in [3.8, 4) is 0 Å². The van der Waals surface area contributed by atoms with Gasteiger partial charge in [0.15, 0.2) is 0 Å². The van der Waals surface area contributed by atoms with Gasteiger partial charge in [0.25, 0.3) is 5.78 Å². The number of ketones is 2. The molecular weight excluding hydrogens is 300 g/mol. The molecule has 2 aliphatic heterocycles. The van der Waals surface area contributed by atoms with Gasteiger partial charge >= 0.3 is 5.71 Å². The average molecular weight is 320 g/mol. The molecule has 23 heavy (non-hydrogen) atoms. The van der Waals surface area contributed by atoms with Crippen molar-refractivity contribution in [1.29, 1.82) is 0 Å². The lowest BCUT2D eigenvalue weighted by molar-refractivity contribution is -0.144. The third-order valence-corrected chi connectivity index (χ3v) is 3.68. The standard InChI is InChI=1S/C11H15N3O4.C4H5N/c1-4(10(17)9(14-12)6(3)16)8-7(5(2)15)11(18)13-8;1-2-4-5-3-1/h4-5,7-8,15H,1-3H3,(H,13,18);1,3-4H,2H2/t4-,5-,7?,8?;/m1./s1. The molecule has 4 atom stereocenters. The highest BCUT2D eigenvalue weighted by molar-refractivity contribution is 6.64. The van der Waals surface area contributed by atoms with Gasteiger partial charge in [0, 0.05) is 31.7 Å². The Hall–Kier alpha value is -2.44. The molecule has 2 aliphatic rings. The number of aliphatic hydroxyl groups excluding tert-OH is 1. The minimum absolute atomic E-state index is 0.333. The van der Waals surface area contributed by atoms with Crippen LogP contribution in [0.2, 0.25) is 0 Å². The molecule has 0 bridgehead atoms. The molecule has 8 heteroatoms. The monoisotopic (exact) mass is 320 g/mol. The van der Waals surface area contributed by atoms with Gasteiger partial charge in [-0.3, -0.25) is 19.4 Å². The molecule has 124 valence electrons. The summed E-state index contributed by atoms with van der Waals surface area (Å²) in [5.74, 6) is -3.05. The number of nitrogens with one attached hydrogen (secondary N) is 1. The Bertz CT molecular complexity index is 593. The molecule has 1 saturated heterocycles. The fourth-order valence-corrected chi connectivity index (χ4v) is 2.35. The Balaban J connectivity index is 0.000000446. The van der Waals surface area contributed by atoms with E-state index in [0.29, 0.717) is 0 Å². The van der Waals surface area contributed by atoms with E-state index in [1.54, 1.807) is 6.20 Å². The molecular formula is C15H20N4O4. The predicted molar refractivity (Wildman–Crippen MR) is 82.8 cm³/mol. The zero-order valence-corrected chi connectivity index (χ0v) is 13.3. The van der Waals surface area contributed by atoms with Crippen LogP contribution in [0.5, 0.6) is 0 Å². The van der Waals surface area contributed by atoms with E-state index in [-0.39, 0.29) is 5.91 Å². The molecule has 2 rings (SSSR count). The summed E-state index contributed by atoms with van der Waals surface area (Å²) in [5.41, 5.74) is 8.08.